The first kappa shape index (κ1) is 11.3. The second kappa shape index (κ2) is 4.34. The van der Waals surface area contributed by atoms with Crippen molar-refractivity contribution in [2.24, 2.45) is 0 Å². The number of hydrogen-bond acceptors (Lipinski definition) is 3. The van der Waals surface area contributed by atoms with Crippen LogP contribution < -0.4 is 14.8 Å². The summed E-state index contributed by atoms with van der Waals surface area (Å²) < 4.78 is 11.1. The molecule has 0 saturated carbocycles. The minimum absolute atomic E-state index is 0.102. The highest BCUT2D eigenvalue weighted by atomic mass is 16.6. The lowest BCUT2D eigenvalue weighted by molar-refractivity contribution is 0.171. The summed E-state index contributed by atoms with van der Waals surface area (Å²) in [6.07, 6.45) is 0. The average Bonchev–Trinajstić information content (AvgIpc) is 2.28. The maximum atomic E-state index is 5.59. The smallest absolute Gasteiger partial charge is 0.161 e. The van der Waals surface area contributed by atoms with Crippen molar-refractivity contribution in [3.8, 4) is 11.5 Å². The highest BCUT2D eigenvalue weighted by Crippen LogP contribution is 2.34. The van der Waals surface area contributed by atoms with E-state index in [9.17, 15) is 0 Å². The lowest BCUT2D eigenvalue weighted by Crippen LogP contribution is -2.30. The number of likely N-dealkylation sites (N-methyl/N-ethyl adjacent to an activating group) is 1. The summed E-state index contributed by atoms with van der Waals surface area (Å²) in [5.74, 6) is 1.73. The first-order chi connectivity index (χ1) is 7.63. The number of hydrogen-bond donors (Lipinski definition) is 1. The van der Waals surface area contributed by atoms with Gasteiger partial charge >= 0.3 is 0 Å². The fourth-order valence-corrected chi connectivity index (χ4v) is 2.01. The van der Waals surface area contributed by atoms with Gasteiger partial charge in [-0.05, 0) is 24.7 Å². The van der Waals surface area contributed by atoms with Gasteiger partial charge in [0, 0.05) is 12.0 Å². The van der Waals surface area contributed by atoms with Gasteiger partial charge in [0.2, 0.25) is 0 Å². The van der Waals surface area contributed by atoms with Crippen LogP contribution in [0.25, 0.3) is 0 Å². The summed E-state index contributed by atoms with van der Waals surface area (Å²) >= 11 is 0. The first-order valence-electron chi connectivity index (χ1n) is 5.68. The first-order valence-corrected chi connectivity index (χ1v) is 5.68. The van der Waals surface area contributed by atoms with Crippen molar-refractivity contribution in [1.29, 1.82) is 0 Å². The molecule has 1 heterocycles. The van der Waals surface area contributed by atoms with E-state index in [2.05, 4.69) is 31.3 Å². The molecule has 0 bridgehead atoms. The summed E-state index contributed by atoms with van der Waals surface area (Å²) in [5, 5.41) is 3.21. The fourth-order valence-electron chi connectivity index (χ4n) is 2.01. The molecule has 0 radical (unpaired) electrons. The molecular weight excluding hydrogens is 202 g/mol. The molecule has 1 N–H and O–H groups in total. The van der Waals surface area contributed by atoms with E-state index in [1.54, 1.807) is 0 Å². The van der Waals surface area contributed by atoms with E-state index in [4.69, 9.17) is 9.47 Å². The Morgan fingerprint density at radius 1 is 1.19 bits per heavy atom. The summed E-state index contributed by atoms with van der Waals surface area (Å²) in [6.45, 7) is 6.66. The predicted molar refractivity (Wildman–Crippen MR) is 64.4 cm³/mol. The van der Waals surface area contributed by atoms with E-state index in [-0.39, 0.29) is 5.41 Å². The van der Waals surface area contributed by atoms with Crippen molar-refractivity contribution < 1.29 is 9.47 Å². The highest BCUT2D eigenvalue weighted by molar-refractivity contribution is 5.45. The summed E-state index contributed by atoms with van der Waals surface area (Å²) in [6, 6.07) is 6.21. The van der Waals surface area contributed by atoms with Crippen LogP contribution >= 0.6 is 0 Å². The van der Waals surface area contributed by atoms with E-state index >= 15 is 0 Å². The van der Waals surface area contributed by atoms with Crippen molar-refractivity contribution in [3.05, 3.63) is 23.8 Å². The van der Waals surface area contributed by atoms with E-state index in [0.29, 0.717) is 13.2 Å². The molecule has 1 aromatic rings. The van der Waals surface area contributed by atoms with Gasteiger partial charge < -0.3 is 14.8 Å². The monoisotopic (exact) mass is 221 g/mol. The van der Waals surface area contributed by atoms with Gasteiger partial charge in [0.05, 0.1) is 0 Å². The second-order valence-corrected chi connectivity index (χ2v) is 4.77. The van der Waals surface area contributed by atoms with Crippen molar-refractivity contribution in [2.75, 3.05) is 26.8 Å². The van der Waals surface area contributed by atoms with Crippen LogP contribution in [0.2, 0.25) is 0 Å². The van der Waals surface area contributed by atoms with Crippen molar-refractivity contribution in [2.45, 2.75) is 19.3 Å². The summed E-state index contributed by atoms with van der Waals surface area (Å²) in [4.78, 5) is 0. The lowest BCUT2D eigenvalue weighted by Gasteiger charge is -2.27. The Labute approximate surface area is 96.8 Å². The topological polar surface area (TPSA) is 30.5 Å². The molecule has 2 rings (SSSR count). The molecule has 0 fully saturated rings. The normalized spacial score (nSPS) is 14.9. The molecule has 1 aliphatic heterocycles. The molecule has 0 spiro atoms. The molecular formula is C13H19NO2. The third kappa shape index (κ3) is 2.14. The van der Waals surface area contributed by atoms with Crippen LogP contribution in [-0.2, 0) is 5.41 Å². The van der Waals surface area contributed by atoms with Gasteiger partial charge in [0.25, 0.3) is 0 Å². The highest BCUT2D eigenvalue weighted by Gasteiger charge is 2.22. The maximum Gasteiger partial charge on any atom is 0.161 e. The lowest BCUT2D eigenvalue weighted by atomic mass is 9.84. The van der Waals surface area contributed by atoms with E-state index in [1.165, 1.54) is 5.56 Å². The van der Waals surface area contributed by atoms with Crippen molar-refractivity contribution >= 4 is 0 Å². The van der Waals surface area contributed by atoms with Crippen LogP contribution in [-0.4, -0.2) is 26.8 Å². The fraction of sp³-hybridized carbons (Fsp3) is 0.538. The SMILES string of the molecule is CNCC(C)(C)c1ccc2c(c1)OCCO2. The van der Waals surface area contributed by atoms with Crippen LogP contribution in [0.5, 0.6) is 11.5 Å². The molecule has 0 atom stereocenters. The van der Waals surface area contributed by atoms with Crippen LogP contribution in [0.4, 0.5) is 0 Å². The molecule has 88 valence electrons. The van der Waals surface area contributed by atoms with Gasteiger partial charge in [-0.2, -0.15) is 0 Å². The minimum atomic E-state index is 0.102. The van der Waals surface area contributed by atoms with E-state index in [0.717, 1.165) is 18.0 Å². The summed E-state index contributed by atoms with van der Waals surface area (Å²) in [5.41, 5.74) is 1.37. The van der Waals surface area contributed by atoms with Crippen LogP contribution in [0, 0.1) is 0 Å². The zero-order valence-electron chi connectivity index (χ0n) is 10.2. The molecule has 0 saturated heterocycles. The van der Waals surface area contributed by atoms with Crippen LogP contribution in [0.3, 0.4) is 0 Å². The third-order valence-electron chi connectivity index (χ3n) is 2.94. The molecule has 3 nitrogen and oxygen atoms in total. The van der Waals surface area contributed by atoms with Crippen molar-refractivity contribution in [1.82, 2.24) is 5.32 Å². The molecule has 0 unspecified atom stereocenters. The van der Waals surface area contributed by atoms with Gasteiger partial charge in [0.15, 0.2) is 11.5 Å². The average molecular weight is 221 g/mol. The van der Waals surface area contributed by atoms with Gasteiger partial charge in [-0.1, -0.05) is 19.9 Å². The summed E-state index contributed by atoms with van der Waals surface area (Å²) in [7, 11) is 1.97. The number of ether oxygens (including phenoxy) is 2. The molecule has 0 aliphatic carbocycles. The predicted octanol–water partition coefficient (Wildman–Crippen LogP) is 1.95. The van der Waals surface area contributed by atoms with Gasteiger partial charge in [-0.15, -0.1) is 0 Å². The Kier molecular flexibility index (Phi) is 3.06. The van der Waals surface area contributed by atoms with E-state index in [1.807, 2.05) is 13.1 Å². The largest absolute Gasteiger partial charge is 0.486 e. The number of fused-ring (bicyclic) bond motifs is 1. The number of benzene rings is 1. The zero-order chi connectivity index (χ0) is 11.6. The molecule has 0 aromatic heterocycles. The van der Waals surface area contributed by atoms with Gasteiger partial charge in [-0.25, -0.2) is 0 Å². The minimum Gasteiger partial charge on any atom is -0.486 e. The Morgan fingerprint density at radius 3 is 2.56 bits per heavy atom. The Balaban J connectivity index is 2.29. The van der Waals surface area contributed by atoms with Gasteiger partial charge in [-0.3, -0.25) is 0 Å². The second-order valence-electron chi connectivity index (χ2n) is 4.77. The Morgan fingerprint density at radius 2 is 1.88 bits per heavy atom. The Hall–Kier alpha value is -1.22. The molecule has 1 aliphatic rings. The standard InChI is InChI=1S/C13H19NO2/c1-13(2,9-14-3)10-4-5-11-12(8-10)16-7-6-15-11/h4-5,8,14H,6-7,9H2,1-3H3. The number of nitrogens with one attached hydrogen (secondary N) is 1. The van der Waals surface area contributed by atoms with Crippen LogP contribution in [0.15, 0.2) is 18.2 Å². The Bertz CT molecular complexity index is 374. The molecule has 3 heteroatoms. The van der Waals surface area contributed by atoms with Gasteiger partial charge in [0.1, 0.15) is 13.2 Å². The quantitative estimate of drug-likeness (QED) is 0.846. The molecule has 16 heavy (non-hydrogen) atoms. The number of rotatable bonds is 3. The molecule has 1 aromatic carbocycles. The van der Waals surface area contributed by atoms with E-state index < -0.39 is 0 Å². The maximum absolute atomic E-state index is 5.59. The third-order valence-corrected chi connectivity index (χ3v) is 2.94. The van der Waals surface area contributed by atoms with Crippen LogP contribution in [0.1, 0.15) is 19.4 Å². The molecule has 0 amide bonds. The zero-order valence-corrected chi connectivity index (χ0v) is 10.2. The van der Waals surface area contributed by atoms with Crippen molar-refractivity contribution in [3.63, 3.8) is 0 Å².